The van der Waals surface area contributed by atoms with Gasteiger partial charge in [0.15, 0.2) is 0 Å². The summed E-state index contributed by atoms with van der Waals surface area (Å²) in [6, 6.07) is 16.9. The van der Waals surface area contributed by atoms with E-state index in [1.54, 1.807) is 0 Å². The van der Waals surface area contributed by atoms with E-state index < -0.39 is 11.4 Å². The second-order valence-electron chi connectivity index (χ2n) is 8.61. The smallest absolute Gasteiger partial charge is 0.309 e. The number of hydrogen-bond donors (Lipinski definition) is 1. The first kappa shape index (κ1) is 21.4. The molecular formula is C25H33NO3. The summed E-state index contributed by atoms with van der Waals surface area (Å²) < 4.78 is 6.17. The van der Waals surface area contributed by atoms with Gasteiger partial charge in [-0.25, -0.2) is 0 Å². The second-order valence-corrected chi connectivity index (χ2v) is 8.61. The Morgan fingerprint density at radius 1 is 1.07 bits per heavy atom. The molecule has 0 saturated carbocycles. The summed E-state index contributed by atoms with van der Waals surface area (Å²) in [6.07, 6.45) is 4.65. The molecule has 2 aromatic rings. The highest BCUT2D eigenvalue weighted by atomic mass is 16.5. The molecule has 156 valence electrons. The van der Waals surface area contributed by atoms with E-state index in [0.29, 0.717) is 6.42 Å². The van der Waals surface area contributed by atoms with E-state index in [-0.39, 0.29) is 0 Å². The van der Waals surface area contributed by atoms with Gasteiger partial charge in [0.05, 0.1) is 12.0 Å². The monoisotopic (exact) mass is 395 g/mol. The molecule has 1 heterocycles. The minimum absolute atomic E-state index is 0.668. The third kappa shape index (κ3) is 6.07. The zero-order chi connectivity index (χ0) is 20.7. The van der Waals surface area contributed by atoms with Crippen LogP contribution < -0.4 is 4.74 Å². The zero-order valence-electron chi connectivity index (χ0n) is 17.7. The lowest BCUT2D eigenvalue weighted by atomic mass is 9.89. The molecule has 0 saturated heterocycles. The van der Waals surface area contributed by atoms with Gasteiger partial charge in [0.1, 0.15) is 5.75 Å². The molecule has 1 aliphatic rings. The van der Waals surface area contributed by atoms with Crippen LogP contribution >= 0.6 is 0 Å². The average molecular weight is 396 g/mol. The van der Waals surface area contributed by atoms with Gasteiger partial charge in [0.25, 0.3) is 0 Å². The van der Waals surface area contributed by atoms with Gasteiger partial charge in [-0.1, -0.05) is 42.5 Å². The van der Waals surface area contributed by atoms with Gasteiger partial charge >= 0.3 is 5.97 Å². The highest BCUT2D eigenvalue weighted by Crippen LogP contribution is 2.27. The lowest BCUT2D eigenvalue weighted by Gasteiger charge is -2.25. The molecule has 0 spiro atoms. The van der Waals surface area contributed by atoms with Crippen molar-refractivity contribution in [2.75, 3.05) is 26.2 Å². The summed E-state index contributed by atoms with van der Waals surface area (Å²) in [6.45, 7) is 7.09. The van der Waals surface area contributed by atoms with E-state index >= 15 is 0 Å². The molecule has 1 aliphatic heterocycles. The van der Waals surface area contributed by atoms with Crippen molar-refractivity contribution in [2.45, 2.75) is 46.0 Å². The van der Waals surface area contributed by atoms with E-state index in [1.165, 1.54) is 16.7 Å². The summed E-state index contributed by atoms with van der Waals surface area (Å²) in [7, 11) is 0. The quantitative estimate of drug-likeness (QED) is 0.631. The maximum Gasteiger partial charge on any atom is 0.309 e. The van der Waals surface area contributed by atoms with Crippen LogP contribution in [0.4, 0.5) is 0 Å². The van der Waals surface area contributed by atoms with E-state index in [1.807, 2.05) is 19.9 Å². The third-order valence-electron chi connectivity index (χ3n) is 5.95. The molecule has 0 amide bonds. The van der Waals surface area contributed by atoms with Gasteiger partial charge in [-0.3, -0.25) is 4.79 Å². The Bertz CT molecular complexity index is 801. The topological polar surface area (TPSA) is 49.8 Å². The van der Waals surface area contributed by atoms with Gasteiger partial charge in [-0.15, -0.1) is 0 Å². The van der Waals surface area contributed by atoms with Crippen molar-refractivity contribution in [3.63, 3.8) is 0 Å². The minimum Gasteiger partial charge on any atom is -0.493 e. The summed E-state index contributed by atoms with van der Waals surface area (Å²) in [4.78, 5) is 13.8. The summed E-state index contributed by atoms with van der Waals surface area (Å²) in [5, 5.41) is 9.35. The Balaban J connectivity index is 1.52. The Hall–Kier alpha value is -2.33. The lowest BCUT2D eigenvalue weighted by molar-refractivity contribution is -0.147. The second kappa shape index (κ2) is 9.93. The molecule has 3 rings (SSSR count). The van der Waals surface area contributed by atoms with Crippen LogP contribution in [0.25, 0.3) is 0 Å². The predicted molar refractivity (Wildman–Crippen MR) is 117 cm³/mol. The van der Waals surface area contributed by atoms with Crippen LogP contribution in [0.3, 0.4) is 0 Å². The van der Waals surface area contributed by atoms with Gasteiger partial charge in [0, 0.05) is 13.1 Å². The number of ether oxygens (including phenoxy) is 1. The number of aliphatic carboxylic acids is 1. The summed E-state index contributed by atoms with van der Waals surface area (Å²) in [5.41, 5.74) is 3.37. The van der Waals surface area contributed by atoms with Crippen molar-refractivity contribution in [2.24, 2.45) is 5.41 Å². The molecule has 29 heavy (non-hydrogen) atoms. The number of benzene rings is 2. The molecule has 4 heteroatoms. The summed E-state index contributed by atoms with van der Waals surface area (Å²) in [5.74, 6) is 0.296. The van der Waals surface area contributed by atoms with Crippen molar-refractivity contribution in [3.05, 3.63) is 65.2 Å². The van der Waals surface area contributed by atoms with Gasteiger partial charge < -0.3 is 14.7 Å². The maximum atomic E-state index is 11.4. The first-order chi connectivity index (χ1) is 14.0. The first-order valence-corrected chi connectivity index (χ1v) is 10.7. The first-order valence-electron chi connectivity index (χ1n) is 10.7. The Morgan fingerprint density at radius 2 is 1.83 bits per heavy atom. The van der Waals surface area contributed by atoms with Gasteiger partial charge in [-0.05, 0) is 75.3 Å². The van der Waals surface area contributed by atoms with Crippen LogP contribution in [-0.4, -0.2) is 42.2 Å². The van der Waals surface area contributed by atoms with Crippen LogP contribution in [0.5, 0.6) is 5.75 Å². The molecule has 1 N–H and O–H groups in total. The van der Waals surface area contributed by atoms with Gasteiger partial charge in [-0.2, -0.15) is 0 Å². The fourth-order valence-corrected chi connectivity index (χ4v) is 3.80. The minimum atomic E-state index is -0.721. The van der Waals surface area contributed by atoms with Crippen LogP contribution in [-0.2, 0) is 24.1 Å². The van der Waals surface area contributed by atoms with Gasteiger partial charge in [0.2, 0.25) is 0 Å². The number of hydrogen-bond acceptors (Lipinski definition) is 3. The van der Waals surface area contributed by atoms with E-state index in [9.17, 15) is 9.90 Å². The normalized spacial score (nSPS) is 14.8. The van der Waals surface area contributed by atoms with Crippen molar-refractivity contribution < 1.29 is 14.6 Å². The molecule has 0 aliphatic carbocycles. The molecule has 0 radical (unpaired) electrons. The number of carboxylic acids is 1. The molecule has 2 aromatic carbocycles. The van der Waals surface area contributed by atoms with E-state index in [2.05, 4.69) is 47.4 Å². The Morgan fingerprint density at radius 3 is 2.59 bits per heavy atom. The number of rotatable bonds is 9. The van der Waals surface area contributed by atoms with Crippen LogP contribution in [0.1, 0.15) is 43.4 Å². The van der Waals surface area contributed by atoms with E-state index in [0.717, 1.165) is 57.7 Å². The SMILES string of the molecule is CC(C)(CCN1CCc2cccc(OCCCc3ccccc3)c2CC1)C(=O)O. The van der Waals surface area contributed by atoms with Crippen molar-refractivity contribution in [3.8, 4) is 5.75 Å². The standard InChI is InChI=1S/C25H33NO3/c1-25(2,24(27)28)15-18-26-16-13-21-11-6-12-23(22(21)14-17-26)29-19-7-10-20-8-4-3-5-9-20/h3-6,8-9,11-12H,7,10,13-19H2,1-2H3,(H,27,28). The lowest BCUT2D eigenvalue weighted by Crippen LogP contribution is -2.33. The third-order valence-corrected chi connectivity index (χ3v) is 5.95. The van der Waals surface area contributed by atoms with E-state index in [4.69, 9.17) is 4.74 Å². The molecule has 0 fully saturated rings. The molecule has 0 aromatic heterocycles. The fraction of sp³-hybridized carbons (Fsp3) is 0.480. The van der Waals surface area contributed by atoms with Crippen LogP contribution in [0, 0.1) is 5.41 Å². The zero-order valence-corrected chi connectivity index (χ0v) is 17.7. The molecule has 0 bridgehead atoms. The predicted octanol–water partition coefficient (Wildman–Crippen LogP) is 4.60. The highest BCUT2D eigenvalue weighted by Gasteiger charge is 2.28. The molecular weight excluding hydrogens is 362 g/mol. The average Bonchev–Trinajstić information content (AvgIpc) is 2.93. The number of carboxylic acid groups (broad SMARTS) is 1. The molecule has 4 nitrogen and oxygen atoms in total. The molecule has 0 atom stereocenters. The Labute approximate surface area is 174 Å². The summed E-state index contributed by atoms with van der Waals surface area (Å²) >= 11 is 0. The van der Waals surface area contributed by atoms with Crippen molar-refractivity contribution in [1.29, 1.82) is 0 Å². The van der Waals surface area contributed by atoms with Crippen molar-refractivity contribution >= 4 is 5.97 Å². The van der Waals surface area contributed by atoms with Crippen molar-refractivity contribution in [1.82, 2.24) is 4.90 Å². The number of aryl methyl sites for hydroxylation is 1. The number of carbonyl (C=O) groups is 1. The Kier molecular flexibility index (Phi) is 7.32. The van der Waals surface area contributed by atoms with Crippen LogP contribution in [0.2, 0.25) is 0 Å². The van der Waals surface area contributed by atoms with Crippen LogP contribution in [0.15, 0.2) is 48.5 Å². The largest absolute Gasteiger partial charge is 0.493 e. The highest BCUT2D eigenvalue weighted by molar-refractivity contribution is 5.73. The number of fused-ring (bicyclic) bond motifs is 1. The fourth-order valence-electron chi connectivity index (χ4n) is 3.80. The maximum absolute atomic E-state index is 11.4. The number of nitrogens with zero attached hydrogens (tertiary/aromatic N) is 1. The molecule has 0 unspecified atom stereocenters.